The molecule has 0 saturated heterocycles. The van der Waals surface area contributed by atoms with Crippen LogP contribution in [0.2, 0.25) is 5.15 Å². The second kappa shape index (κ2) is 6.67. The number of methoxy groups -OCH3 is 1. The normalized spacial score (nSPS) is 10.2. The van der Waals surface area contributed by atoms with Gasteiger partial charge in [-0.2, -0.15) is 0 Å². The largest absolute Gasteiger partial charge is 0.481 e. The van der Waals surface area contributed by atoms with E-state index in [1.807, 2.05) is 6.07 Å². The van der Waals surface area contributed by atoms with Gasteiger partial charge in [-0.15, -0.1) is 0 Å². The predicted molar refractivity (Wildman–Crippen MR) is 78.9 cm³/mol. The molecule has 0 unspecified atom stereocenters. The summed E-state index contributed by atoms with van der Waals surface area (Å²) in [6, 6.07) is 5.22. The molecule has 0 aliphatic rings. The van der Waals surface area contributed by atoms with Crippen LogP contribution < -0.4 is 10.1 Å². The maximum atomic E-state index is 12.1. The van der Waals surface area contributed by atoms with Gasteiger partial charge in [0.15, 0.2) is 0 Å². The van der Waals surface area contributed by atoms with E-state index < -0.39 is 0 Å². The van der Waals surface area contributed by atoms with Gasteiger partial charge in [-0.25, -0.2) is 9.97 Å². The molecule has 2 aromatic heterocycles. The summed E-state index contributed by atoms with van der Waals surface area (Å²) in [6.07, 6.45) is 3.16. The van der Waals surface area contributed by atoms with Crippen molar-refractivity contribution < 1.29 is 9.53 Å². The summed E-state index contributed by atoms with van der Waals surface area (Å²) < 4.78 is 5.80. The van der Waals surface area contributed by atoms with E-state index in [4.69, 9.17) is 16.3 Å². The number of hydrogen-bond acceptors (Lipinski definition) is 4. The number of carbonyl (C=O) groups excluding carboxylic acids is 1. The first kappa shape index (κ1) is 14.7. The number of rotatable bonds is 4. The number of nitrogens with one attached hydrogen (secondary N) is 1. The fourth-order valence-corrected chi connectivity index (χ4v) is 2.12. The van der Waals surface area contributed by atoms with Crippen molar-refractivity contribution in [1.82, 2.24) is 15.3 Å². The summed E-state index contributed by atoms with van der Waals surface area (Å²) in [5.41, 5.74) is 1.09. The van der Waals surface area contributed by atoms with Gasteiger partial charge in [-0.1, -0.05) is 17.7 Å². The molecule has 2 heterocycles. The lowest BCUT2D eigenvalue weighted by molar-refractivity contribution is 0.0950. The molecule has 0 bridgehead atoms. The maximum Gasteiger partial charge on any atom is 0.254 e. The smallest absolute Gasteiger partial charge is 0.254 e. The molecule has 20 heavy (non-hydrogen) atoms. The quantitative estimate of drug-likeness (QED) is 0.856. The predicted octanol–water partition coefficient (Wildman–Crippen LogP) is 2.83. The number of amides is 1. The molecule has 1 amide bonds. The molecule has 0 aliphatic carbocycles. The van der Waals surface area contributed by atoms with Crippen LogP contribution in [0.25, 0.3) is 0 Å². The number of ether oxygens (including phenoxy) is 1. The van der Waals surface area contributed by atoms with Gasteiger partial charge < -0.3 is 10.1 Å². The molecule has 7 heteroatoms. The van der Waals surface area contributed by atoms with Gasteiger partial charge >= 0.3 is 0 Å². The lowest BCUT2D eigenvalue weighted by Crippen LogP contribution is -2.23. The van der Waals surface area contributed by atoms with Crippen LogP contribution in [0.5, 0.6) is 5.88 Å². The standard InChI is InChI=1S/C13H11BrClN3O2/c1-20-13-8(3-2-4-16-13)6-18-12(19)10-5-9(14)7-17-11(10)15/h2-5,7H,6H2,1H3,(H,18,19). The van der Waals surface area contributed by atoms with Crippen LogP contribution in [0.3, 0.4) is 0 Å². The van der Waals surface area contributed by atoms with Crippen molar-refractivity contribution in [3.05, 3.63) is 51.3 Å². The highest BCUT2D eigenvalue weighted by Crippen LogP contribution is 2.18. The van der Waals surface area contributed by atoms with E-state index in [9.17, 15) is 4.79 Å². The average molecular weight is 357 g/mol. The van der Waals surface area contributed by atoms with Gasteiger partial charge in [-0.05, 0) is 28.1 Å². The van der Waals surface area contributed by atoms with Crippen LogP contribution in [-0.4, -0.2) is 23.0 Å². The van der Waals surface area contributed by atoms with Crippen LogP contribution in [0, 0.1) is 0 Å². The van der Waals surface area contributed by atoms with E-state index in [0.29, 0.717) is 22.5 Å². The van der Waals surface area contributed by atoms with Crippen LogP contribution in [0.1, 0.15) is 15.9 Å². The molecule has 104 valence electrons. The molecule has 2 rings (SSSR count). The van der Waals surface area contributed by atoms with Crippen LogP contribution in [0.4, 0.5) is 0 Å². The Balaban J connectivity index is 2.11. The Labute approximate surface area is 129 Å². The third-order valence-electron chi connectivity index (χ3n) is 2.53. The molecule has 0 aliphatic heterocycles. The summed E-state index contributed by atoms with van der Waals surface area (Å²) >= 11 is 9.15. The highest BCUT2D eigenvalue weighted by molar-refractivity contribution is 9.10. The Kier molecular flexibility index (Phi) is 4.92. The zero-order valence-corrected chi connectivity index (χ0v) is 12.9. The summed E-state index contributed by atoms with van der Waals surface area (Å²) in [7, 11) is 1.53. The third kappa shape index (κ3) is 3.46. The Bertz CT molecular complexity index is 637. The van der Waals surface area contributed by atoms with Gasteiger partial charge in [0.1, 0.15) is 5.15 Å². The molecule has 0 spiro atoms. The van der Waals surface area contributed by atoms with Gasteiger partial charge in [-0.3, -0.25) is 4.79 Å². The molecule has 0 radical (unpaired) electrons. The molecule has 0 atom stereocenters. The molecule has 0 saturated carbocycles. The number of pyridine rings is 2. The molecule has 1 N–H and O–H groups in total. The van der Waals surface area contributed by atoms with E-state index in [-0.39, 0.29) is 11.1 Å². The number of nitrogens with zero attached hydrogens (tertiary/aromatic N) is 2. The lowest BCUT2D eigenvalue weighted by Gasteiger charge is -2.09. The van der Waals surface area contributed by atoms with Gasteiger partial charge in [0.25, 0.3) is 5.91 Å². The third-order valence-corrected chi connectivity index (χ3v) is 3.27. The first-order valence-electron chi connectivity index (χ1n) is 5.69. The van der Waals surface area contributed by atoms with Gasteiger partial charge in [0, 0.05) is 29.0 Å². The van der Waals surface area contributed by atoms with Crippen LogP contribution >= 0.6 is 27.5 Å². The molecular weight excluding hydrogens is 346 g/mol. The molecule has 0 fully saturated rings. The van der Waals surface area contributed by atoms with E-state index in [0.717, 1.165) is 5.56 Å². The van der Waals surface area contributed by atoms with Crippen molar-refractivity contribution in [2.24, 2.45) is 0 Å². The maximum absolute atomic E-state index is 12.1. The van der Waals surface area contributed by atoms with Crippen molar-refractivity contribution in [2.45, 2.75) is 6.54 Å². The minimum Gasteiger partial charge on any atom is -0.481 e. The first-order chi connectivity index (χ1) is 9.61. The topological polar surface area (TPSA) is 64.1 Å². The van der Waals surface area contributed by atoms with E-state index in [1.165, 1.54) is 13.3 Å². The van der Waals surface area contributed by atoms with Crippen molar-refractivity contribution in [3.63, 3.8) is 0 Å². The molecule has 0 aromatic carbocycles. The number of hydrogen-bond donors (Lipinski definition) is 1. The number of aromatic nitrogens is 2. The fraction of sp³-hybridized carbons (Fsp3) is 0.154. The van der Waals surface area contributed by atoms with E-state index >= 15 is 0 Å². The van der Waals surface area contributed by atoms with Crippen LogP contribution in [0.15, 0.2) is 35.1 Å². The SMILES string of the molecule is COc1ncccc1CNC(=O)c1cc(Br)cnc1Cl. The molecular formula is C13H11BrClN3O2. The highest BCUT2D eigenvalue weighted by Gasteiger charge is 2.13. The fourth-order valence-electron chi connectivity index (χ4n) is 1.60. The Morgan fingerprint density at radius 3 is 3.05 bits per heavy atom. The Hall–Kier alpha value is -1.66. The van der Waals surface area contributed by atoms with Gasteiger partial charge in [0.2, 0.25) is 5.88 Å². The van der Waals surface area contributed by atoms with Gasteiger partial charge in [0.05, 0.1) is 12.7 Å². The summed E-state index contributed by atoms with van der Waals surface area (Å²) in [4.78, 5) is 20.0. The second-order valence-corrected chi connectivity index (χ2v) is 5.12. The van der Waals surface area contributed by atoms with E-state index in [2.05, 4.69) is 31.2 Å². The van der Waals surface area contributed by atoms with Crippen molar-refractivity contribution in [3.8, 4) is 5.88 Å². The summed E-state index contributed by atoms with van der Waals surface area (Å²) in [5, 5.41) is 2.91. The molecule has 5 nitrogen and oxygen atoms in total. The minimum absolute atomic E-state index is 0.156. The number of carbonyl (C=O) groups is 1. The van der Waals surface area contributed by atoms with Crippen LogP contribution in [-0.2, 0) is 6.54 Å². The Morgan fingerprint density at radius 2 is 2.30 bits per heavy atom. The van der Waals surface area contributed by atoms with E-state index in [1.54, 1.807) is 18.3 Å². The van der Waals surface area contributed by atoms with Crippen molar-refractivity contribution >= 4 is 33.4 Å². The zero-order valence-electron chi connectivity index (χ0n) is 10.6. The van der Waals surface area contributed by atoms with Crippen molar-refractivity contribution in [1.29, 1.82) is 0 Å². The first-order valence-corrected chi connectivity index (χ1v) is 6.86. The Morgan fingerprint density at radius 1 is 1.50 bits per heavy atom. The van der Waals surface area contributed by atoms with Crippen molar-refractivity contribution in [2.75, 3.05) is 7.11 Å². The number of halogens is 2. The monoisotopic (exact) mass is 355 g/mol. The summed E-state index contributed by atoms with van der Waals surface area (Å²) in [5.74, 6) is 0.168. The molecule has 2 aromatic rings. The average Bonchev–Trinajstić information content (AvgIpc) is 2.47. The minimum atomic E-state index is -0.310. The second-order valence-electron chi connectivity index (χ2n) is 3.85. The highest BCUT2D eigenvalue weighted by atomic mass is 79.9. The lowest BCUT2D eigenvalue weighted by atomic mass is 10.2. The zero-order chi connectivity index (χ0) is 14.5. The summed E-state index contributed by atoms with van der Waals surface area (Å²) in [6.45, 7) is 0.290.